The van der Waals surface area contributed by atoms with Crippen molar-refractivity contribution in [2.24, 2.45) is 0 Å². The number of nitrogens with zero attached hydrogens (tertiary/aromatic N) is 2. The van der Waals surface area contributed by atoms with Gasteiger partial charge in [0.25, 0.3) is 0 Å². The number of hydrogen-bond acceptors (Lipinski definition) is 2. The molecule has 0 bridgehead atoms. The van der Waals surface area contributed by atoms with Crippen molar-refractivity contribution >= 4 is 16.9 Å². The summed E-state index contributed by atoms with van der Waals surface area (Å²) in [5.74, 6) is 1.22. The second-order valence-electron chi connectivity index (χ2n) is 11.0. The zero-order valence-corrected chi connectivity index (χ0v) is 24.4. The van der Waals surface area contributed by atoms with Crippen LogP contribution in [0.1, 0.15) is 88.9 Å². The number of aryl methyl sites for hydroxylation is 2. The first-order valence-corrected chi connectivity index (χ1v) is 15.6. The highest BCUT2D eigenvalue weighted by Gasteiger charge is 2.11. The van der Waals surface area contributed by atoms with Crippen LogP contribution in [0.15, 0.2) is 78.9 Å². The molecular formula is C36H47N3O. The van der Waals surface area contributed by atoms with Gasteiger partial charge in [-0.05, 0) is 41.7 Å². The molecule has 1 heterocycles. The van der Waals surface area contributed by atoms with Crippen LogP contribution in [0, 0.1) is 0 Å². The van der Waals surface area contributed by atoms with Gasteiger partial charge >= 0.3 is 0 Å². The number of unbranched alkanes of at least 4 members (excludes halogenated alkanes) is 9. The average Bonchev–Trinajstić information content (AvgIpc) is 3.34. The molecule has 212 valence electrons. The molecule has 4 heteroatoms. The lowest BCUT2D eigenvalue weighted by atomic mass is 10.0. The van der Waals surface area contributed by atoms with Crippen molar-refractivity contribution < 1.29 is 4.79 Å². The number of benzene rings is 3. The van der Waals surface area contributed by atoms with E-state index >= 15 is 0 Å². The molecule has 40 heavy (non-hydrogen) atoms. The van der Waals surface area contributed by atoms with Crippen LogP contribution >= 0.6 is 0 Å². The van der Waals surface area contributed by atoms with Gasteiger partial charge in [0.15, 0.2) is 0 Å². The van der Waals surface area contributed by atoms with E-state index in [1.54, 1.807) is 0 Å². The summed E-state index contributed by atoms with van der Waals surface area (Å²) in [6.07, 6.45) is 15.6. The molecule has 1 amide bonds. The Labute approximate surface area is 241 Å². The summed E-state index contributed by atoms with van der Waals surface area (Å²) in [6, 6.07) is 27.1. The third kappa shape index (κ3) is 9.36. The molecule has 0 aliphatic rings. The predicted octanol–water partition coefficient (Wildman–Crippen LogP) is 8.92. The predicted molar refractivity (Wildman–Crippen MR) is 168 cm³/mol. The Bertz CT molecular complexity index is 1280. The zero-order valence-electron chi connectivity index (χ0n) is 24.4. The number of rotatable bonds is 18. The maximum absolute atomic E-state index is 12.6. The number of aromatic nitrogens is 2. The van der Waals surface area contributed by atoms with Crippen LogP contribution in [0.3, 0.4) is 0 Å². The maximum Gasteiger partial charge on any atom is 0.224 e. The molecule has 1 aromatic heterocycles. The molecule has 0 radical (unpaired) electrons. The lowest BCUT2D eigenvalue weighted by Gasteiger charge is -2.10. The average molecular weight is 538 g/mol. The van der Waals surface area contributed by atoms with Gasteiger partial charge in [0.05, 0.1) is 17.5 Å². The summed E-state index contributed by atoms with van der Waals surface area (Å²) >= 11 is 0. The molecule has 0 saturated carbocycles. The minimum absolute atomic E-state index is 0.0753. The lowest BCUT2D eigenvalue weighted by Crippen LogP contribution is -2.26. The summed E-state index contributed by atoms with van der Waals surface area (Å²) in [7, 11) is 0. The Kier molecular flexibility index (Phi) is 12.3. The van der Waals surface area contributed by atoms with E-state index in [1.807, 2.05) is 18.2 Å². The van der Waals surface area contributed by atoms with Crippen molar-refractivity contribution in [1.29, 1.82) is 0 Å². The largest absolute Gasteiger partial charge is 0.356 e. The Morgan fingerprint density at radius 1 is 0.700 bits per heavy atom. The van der Waals surface area contributed by atoms with E-state index in [1.165, 1.54) is 80.9 Å². The first-order valence-electron chi connectivity index (χ1n) is 15.6. The van der Waals surface area contributed by atoms with Crippen molar-refractivity contribution in [2.45, 2.75) is 96.9 Å². The van der Waals surface area contributed by atoms with Crippen molar-refractivity contribution in [1.82, 2.24) is 14.9 Å². The Balaban J connectivity index is 1.18. The number of carbonyl (C=O) groups is 1. The number of hydrogen-bond donors (Lipinski definition) is 1. The first-order chi connectivity index (χ1) is 19.7. The quantitative estimate of drug-likeness (QED) is 0.129. The van der Waals surface area contributed by atoms with Crippen LogP contribution in [-0.4, -0.2) is 22.0 Å². The van der Waals surface area contributed by atoms with Gasteiger partial charge in [-0.1, -0.05) is 131 Å². The fraction of sp³-hybridized carbons (Fsp3) is 0.444. The minimum atomic E-state index is 0.0753. The van der Waals surface area contributed by atoms with Crippen molar-refractivity contribution in [3.63, 3.8) is 0 Å². The molecular weight excluding hydrogens is 490 g/mol. The van der Waals surface area contributed by atoms with Crippen molar-refractivity contribution in [2.75, 3.05) is 6.54 Å². The van der Waals surface area contributed by atoms with Gasteiger partial charge < -0.3 is 9.88 Å². The second-order valence-corrected chi connectivity index (χ2v) is 11.0. The number of para-hydroxylation sites is 2. The number of imidazole rings is 1. The fourth-order valence-electron chi connectivity index (χ4n) is 5.49. The van der Waals surface area contributed by atoms with Crippen LogP contribution in [0.4, 0.5) is 0 Å². The van der Waals surface area contributed by atoms with Crippen LogP contribution in [0.2, 0.25) is 0 Å². The van der Waals surface area contributed by atoms with Gasteiger partial charge in [-0.15, -0.1) is 0 Å². The van der Waals surface area contributed by atoms with Gasteiger partial charge in [0, 0.05) is 19.5 Å². The van der Waals surface area contributed by atoms with Crippen LogP contribution < -0.4 is 5.32 Å². The molecule has 0 spiro atoms. The normalized spacial score (nSPS) is 11.2. The van der Waals surface area contributed by atoms with Crippen LogP contribution in [0.5, 0.6) is 0 Å². The van der Waals surface area contributed by atoms with Crippen LogP contribution in [0.25, 0.3) is 22.2 Å². The number of amides is 1. The highest BCUT2D eigenvalue weighted by Crippen LogP contribution is 2.20. The molecule has 0 atom stereocenters. The summed E-state index contributed by atoms with van der Waals surface area (Å²) in [6.45, 7) is 3.97. The maximum atomic E-state index is 12.6. The lowest BCUT2D eigenvalue weighted by molar-refractivity contribution is -0.120. The van der Waals surface area contributed by atoms with Gasteiger partial charge in [-0.2, -0.15) is 0 Å². The van der Waals surface area contributed by atoms with E-state index in [0.29, 0.717) is 13.0 Å². The van der Waals surface area contributed by atoms with E-state index in [2.05, 4.69) is 77.5 Å². The summed E-state index contributed by atoms with van der Waals surface area (Å²) < 4.78 is 2.41. The SMILES string of the molecule is CCCCCCCCCCCCn1c(CCCNC(=O)Cc2ccc(-c3ccccc3)cc2)nc2ccccc21. The Morgan fingerprint density at radius 3 is 2.05 bits per heavy atom. The topological polar surface area (TPSA) is 46.9 Å². The zero-order chi connectivity index (χ0) is 27.8. The third-order valence-electron chi connectivity index (χ3n) is 7.79. The monoisotopic (exact) mass is 537 g/mol. The van der Waals surface area contributed by atoms with E-state index in [-0.39, 0.29) is 5.91 Å². The van der Waals surface area contributed by atoms with E-state index < -0.39 is 0 Å². The molecule has 4 aromatic rings. The molecule has 0 saturated heterocycles. The molecule has 0 aliphatic heterocycles. The van der Waals surface area contributed by atoms with Gasteiger partial charge in [-0.3, -0.25) is 4.79 Å². The van der Waals surface area contributed by atoms with Gasteiger partial charge in [-0.25, -0.2) is 4.98 Å². The van der Waals surface area contributed by atoms with Crippen molar-refractivity contribution in [3.05, 3.63) is 90.3 Å². The summed E-state index contributed by atoms with van der Waals surface area (Å²) in [5.41, 5.74) is 5.71. The molecule has 1 N–H and O–H groups in total. The minimum Gasteiger partial charge on any atom is -0.356 e. The Hall–Kier alpha value is -3.40. The van der Waals surface area contributed by atoms with Crippen molar-refractivity contribution in [3.8, 4) is 11.1 Å². The van der Waals surface area contributed by atoms with Crippen LogP contribution in [-0.2, 0) is 24.2 Å². The molecule has 0 aliphatic carbocycles. The summed E-state index contributed by atoms with van der Waals surface area (Å²) in [4.78, 5) is 17.5. The van der Waals surface area contributed by atoms with Gasteiger partial charge in [0.1, 0.15) is 5.82 Å². The number of carbonyl (C=O) groups excluding carboxylic acids is 1. The highest BCUT2D eigenvalue weighted by atomic mass is 16.1. The third-order valence-corrected chi connectivity index (χ3v) is 7.79. The molecule has 0 unspecified atom stereocenters. The second kappa shape index (κ2) is 16.6. The summed E-state index contributed by atoms with van der Waals surface area (Å²) in [5, 5.41) is 3.11. The molecule has 0 fully saturated rings. The molecule has 3 aromatic carbocycles. The fourth-order valence-corrected chi connectivity index (χ4v) is 5.49. The molecule has 4 nitrogen and oxygen atoms in total. The standard InChI is InChI=1S/C36H47N3O/c1-2-3-4-5-6-7-8-9-10-16-28-39-34-21-15-14-20-33(34)38-35(39)22-17-27-37-36(40)29-30-23-25-32(26-24-30)31-18-12-11-13-19-31/h11-15,18-21,23-26H,2-10,16-17,22,27-29H2,1H3,(H,37,40). The molecule has 4 rings (SSSR count). The Morgan fingerprint density at radius 2 is 1.32 bits per heavy atom. The highest BCUT2D eigenvalue weighted by molar-refractivity contribution is 5.79. The van der Waals surface area contributed by atoms with E-state index in [9.17, 15) is 4.79 Å². The smallest absolute Gasteiger partial charge is 0.224 e. The van der Waals surface area contributed by atoms with E-state index in [0.717, 1.165) is 36.3 Å². The number of fused-ring (bicyclic) bond motifs is 1. The first kappa shape index (κ1) is 29.6. The van der Waals surface area contributed by atoms with E-state index in [4.69, 9.17) is 4.98 Å². The number of nitrogens with one attached hydrogen (secondary N) is 1. The van der Waals surface area contributed by atoms with Gasteiger partial charge in [0.2, 0.25) is 5.91 Å².